The predicted molar refractivity (Wildman–Crippen MR) is 69.7 cm³/mol. The first-order chi connectivity index (χ1) is 9.47. The predicted octanol–water partition coefficient (Wildman–Crippen LogP) is 1.96. The molecule has 0 radical (unpaired) electrons. The maximum absolute atomic E-state index is 13.5. The summed E-state index contributed by atoms with van der Waals surface area (Å²) < 4.78 is 13.5. The number of carbonyl (C=O) groups excluding carboxylic acids is 1. The molecule has 0 saturated carbocycles. The van der Waals surface area contributed by atoms with Crippen LogP contribution in [0.5, 0.6) is 0 Å². The third-order valence-electron chi connectivity index (χ3n) is 2.43. The average molecular weight is 276 g/mol. The van der Waals surface area contributed by atoms with E-state index in [1.54, 1.807) is 0 Å². The molecule has 2 aromatic rings. The minimum absolute atomic E-state index is 0.0177. The molecule has 7 nitrogen and oxygen atoms in total. The minimum Gasteiger partial charge on any atom is -0.399 e. The maximum atomic E-state index is 13.5. The molecule has 20 heavy (non-hydrogen) atoms. The van der Waals surface area contributed by atoms with Crippen molar-refractivity contribution in [3.8, 4) is 0 Å². The van der Waals surface area contributed by atoms with E-state index in [0.29, 0.717) is 5.69 Å². The summed E-state index contributed by atoms with van der Waals surface area (Å²) in [5, 5.41) is 12.8. The van der Waals surface area contributed by atoms with Crippen LogP contribution in [0.2, 0.25) is 0 Å². The Balaban J connectivity index is 2.27. The molecule has 1 aromatic heterocycles. The number of non-ortho nitro benzene ring substituents is 1. The zero-order chi connectivity index (χ0) is 14.7. The normalized spacial score (nSPS) is 10.1. The van der Waals surface area contributed by atoms with Gasteiger partial charge in [-0.3, -0.25) is 19.9 Å². The number of hydrogen-bond donors (Lipinski definition) is 2. The van der Waals surface area contributed by atoms with Gasteiger partial charge in [0.2, 0.25) is 0 Å². The monoisotopic (exact) mass is 276 g/mol. The van der Waals surface area contributed by atoms with E-state index in [1.807, 2.05) is 0 Å². The van der Waals surface area contributed by atoms with Crippen LogP contribution in [0.3, 0.4) is 0 Å². The Hall–Kier alpha value is -3.03. The van der Waals surface area contributed by atoms with E-state index in [2.05, 4.69) is 10.3 Å². The third-order valence-corrected chi connectivity index (χ3v) is 2.43. The van der Waals surface area contributed by atoms with E-state index < -0.39 is 16.6 Å². The van der Waals surface area contributed by atoms with Crippen LogP contribution in [0, 0.1) is 15.9 Å². The fourth-order valence-electron chi connectivity index (χ4n) is 1.48. The number of hydrogen-bond acceptors (Lipinski definition) is 5. The highest BCUT2D eigenvalue weighted by atomic mass is 19.1. The van der Waals surface area contributed by atoms with Gasteiger partial charge < -0.3 is 11.1 Å². The fraction of sp³-hybridized carbons (Fsp3) is 0. The van der Waals surface area contributed by atoms with E-state index in [0.717, 1.165) is 18.2 Å². The summed E-state index contributed by atoms with van der Waals surface area (Å²) in [6.07, 6.45) is 1.33. The Bertz CT molecular complexity index is 690. The van der Waals surface area contributed by atoms with Crippen LogP contribution < -0.4 is 11.1 Å². The van der Waals surface area contributed by atoms with Crippen LogP contribution in [0.1, 0.15) is 10.5 Å². The molecule has 1 aromatic carbocycles. The number of nitro benzene ring substituents is 1. The van der Waals surface area contributed by atoms with Gasteiger partial charge in [0.1, 0.15) is 11.5 Å². The molecular weight excluding hydrogens is 267 g/mol. The lowest BCUT2D eigenvalue weighted by Gasteiger charge is -2.06. The fourth-order valence-corrected chi connectivity index (χ4v) is 1.48. The first-order valence-electron chi connectivity index (χ1n) is 5.44. The van der Waals surface area contributed by atoms with Crippen molar-refractivity contribution < 1.29 is 14.1 Å². The summed E-state index contributed by atoms with van der Waals surface area (Å²) in [7, 11) is 0. The van der Waals surface area contributed by atoms with Crippen LogP contribution >= 0.6 is 0 Å². The molecule has 0 aliphatic carbocycles. The molecule has 102 valence electrons. The van der Waals surface area contributed by atoms with Crippen molar-refractivity contribution in [2.24, 2.45) is 0 Å². The second-order valence-corrected chi connectivity index (χ2v) is 3.85. The first-order valence-corrected chi connectivity index (χ1v) is 5.44. The molecular formula is C12H9FN4O3. The molecule has 0 unspecified atom stereocenters. The molecule has 8 heteroatoms. The summed E-state index contributed by atoms with van der Waals surface area (Å²) in [4.78, 5) is 25.5. The highest BCUT2D eigenvalue weighted by molar-refractivity contribution is 6.03. The number of pyridine rings is 1. The van der Waals surface area contributed by atoms with E-state index in [4.69, 9.17) is 5.73 Å². The molecule has 1 amide bonds. The Kier molecular flexibility index (Phi) is 3.56. The number of anilines is 2. The number of carbonyl (C=O) groups is 1. The van der Waals surface area contributed by atoms with E-state index in [1.165, 1.54) is 18.3 Å². The summed E-state index contributed by atoms with van der Waals surface area (Å²) >= 11 is 0. The summed E-state index contributed by atoms with van der Waals surface area (Å²) in [6, 6.07) is 5.64. The highest BCUT2D eigenvalue weighted by Gasteiger charge is 2.14. The van der Waals surface area contributed by atoms with Crippen molar-refractivity contribution in [1.82, 2.24) is 4.98 Å². The Morgan fingerprint density at radius 3 is 2.75 bits per heavy atom. The number of nitrogens with one attached hydrogen (secondary N) is 1. The van der Waals surface area contributed by atoms with Gasteiger partial charge in [0.05, 0.1) is 10.6 Å². The van der Waals surface area contributed by atoms with Gasteiger partial charge in [-0.25, -0.2) is 4.39 Å². The van der Waals surface area contributed by atoms with E-state index >= 15 is 0 Å². The van der Waals surface area contributed by atoms with Gasteiger partial charge in [-0.15, -0.1) is 0 Å². The Morgan fingerprint density at radius 1 is 1.35 bits per heavy atom. The van der Waals surface area contributed by atoms with Gasteiger partial charge in [0, 0.05) is 24.0 Å². The van der Waals surface area contributed by atoms with Crippen molar-refractivity contribution >= 4 is 23.0 Å². The van der Waals surface area contributed by atoms with Gasteiger partial charge >= 0.3 is 0 Å². The minimum atomic E-state index is -0.784. The quantitative estimate of drug-likeness (QED) is 0.657. The molecule has 2 rings (SSSR count). The van der Waals surface area contributed by atoms with Crippen molar-refractivity contribution in [3.05, 3.63) is 58.2 Å². The van der Waals surface area contributed by atoms with E-state index in [9.17, 15) is 19.3 Å². The second kappa shape index (κ2) is 5.31. The summed E-state index contributed by atoms with van der Waals surface area (Å²) in [5.41, 5.74) is 5.18. The Morgan fingerprint density at radius 2 is 2.10 bits per heavy atom. The molecule has 1 heterocycles. The van der Waals surface area contributed by atoms with Gasteiger partial charge in [0.25, 0.3) is 11.6 Å². The number of halogens is 1. The number of amides is 1. The summed E-state index contributed by atoms with van der Waals surface area (Å²) in [5.74, 6) is -1.50. The molecule has 0 aliphatic heterocycles. The lowest BCUT2D eigenvalue weighted by molar-refractivity contribution is -0.384. The zero-order valence-corrected chi connectivity index (χ0v) is 10.0. The molecule has 0 fully saturated rings. The van der Waals surface area contributed by atoms with Gasteiger partial charge in [0.15, 0.2) is 0 Å². The number of benzene rings is 1. The lowest BCUT2D eigenvalue weighted by atomic mass is 10.2. The van der Waals surface area contributed by atoms with Gasteiger partial charge in [-0.05, 0) is 18.2 Å². The van der Waals surface area contributed by atoms with Crippen LogP contribution in [-0.4, -0.2) is 15.8 Å². The van der Waals surface area contributed by atoms with Crippen molar-refractivity contribution in [3.63, 3.8) is 0 Å². The third kappa shape index (κ3) is 2.86. The number of nitrogens with zero attached hydrogens (tertiary/aromatic N) is 2. The molecule has 0 spiro atoms. The van der Waals surface area contributed by atoms with Crippen LogP contribution in [0.4, 0.5) is 21.5 Å². The van der Waals surface area contributed by atoms with E-state index in [-0.39, 0.29) is 17.1 Å². The number of nitrogens with two attached hydrogens (primary N) is 1. The number of rotatable bonds is 3. The van der Waals surface area contributed by atoms with Crippen LogP contribution in [0.15, 0.2) is 36.5 Å². The SMILES string of the molecule is Nc1ccnc(C(=O)Nc2cc([N+](=O)[O-])ccc2F)c1. The lowest BCUT2D eigenvalue weighted by Crippen LogP contribution is -2.15. The highest BCUT2D eigenvalue weighted by Crippen LogP contribution is 2.21. The standard InChI is InChI=1S/C12H9FN4O3/c13-9-2-1-8(17(19)20)6-10(9)16-12(18)11-5-7(14)3-4-15-11/h1-6H,(H2,14,15)(H,16,18). The number of nitro groups is 1. The number of nitrogen functional groups attached to an aromatic ring is 1. The Labute approximate surface area is 112 Å². The summed E-state index contributed by atoms with van der Waals surface area (Å²) in [6.45, 7) is 0. The van der Waals surface area contributed by atoms with Crippen molar-refractivity contribution in [1.29, 1.82) is 0 Å². The van der Waals surface area contributed by atoms with Crippen molar-refractivity contribution in [2.45, 2.75) is 0 Å². The number of aromatic nitrogens is 1. The zero-order valence-electron chi connectivity index (χ0n) is 10.0. The average Bonchev–Trinajstić information content (AvgIpc) is 2.41. The molecule has 0 atom stereocenters. The molecule has 0 aliphatic rings. The van der Waals surface area contributed by atoms with Crippen molar-refractivity contribution in [2.75, 3.05) is 11.1 Å². The first kappa shape index (κ1) is 13.4. The van der Waals surface area contributed by atoms with Crippen LogP contribution in [-0.2, 0) is 0 Å². The maximum Gasteiger partial charge on any atom is 0.274 e. The smallest absolute Gasteiger partial charge is 0.274 e. The topological polar surface area (TPSA) is 111 Å². The second-order valence-electron chi connectivity index (χ2n) is 3.85. The molecule has 0 bridgehead atoms. The van der Waals surface area contributed by atoms with Crippen LogP contribution in [0.25, 0.3) is 0 Å². The van der Waals surface area contributed by atoms with Gasteiger partial charge in [-0.2, -0.15) is 0 Å². The molecule has 3 N–H and O–H groups in total. The largest absolute Gasteiger partial charge is 0.399 e. The molecule has 0 saturated heterocycles. The van der Waals surface area contributed by atoms with Gasteiger partial charge in [-0.1, -0.05) is 0 Å².